The van der Waals surface area contributed by atoms with E-state index in [0.29, 0.717) is 29.9 Å². The predicted octanol–water partition coefficient (Wildman–Crippen LogP) is 4.07. The van der Waals surface area contributed by atoms with E-state index in [9.17, 15) is 10.2 Å². The zero-order chi connectivity index (χ0) is 18.7. The average Bonchev–Trinajstić information content (AvgIpc) is 3.06. The first-order valence-electron chi connectivity index (χ1n) is 8.91. The fraction of sp³-hybridized carbons (Fsp3) is 0.429. The molecule has 1 aliphatic heterocycles. The third-order valence-corrected chi connectivity index (χ3v) is 5.23. The molecule has 3 rings (SSSR count). The van der Waals surface area contributed by atoms with Gasteiger partial charge in [-0.2, -0.15) is 0 Å². The highest BCUT2D eigenvalue weighted by Gasteiger charge is 2.37. The lowest BCUT2D eigenvalue weighted by Crippen LogP contribution is -2.16. The number of phenols is 2. The van der Waals surface area contributed by atoms with Crippen LogP contribution in [0.25, 0.3) is 0 Å². The summed E-state index contributed by atoms with van der Waals surface area (Å²) < 4.78 is 16.6. The molecule has 26 heavy (non-hydrogen) atoms. The van der Waals surface area contributed by atoms with Crippen molar-refractivity contribution in [2.75, 3.05) is 20.8 Å². The Morgan fingerprint density at radius 1 is 1.00 bits per heavy atom. The molecule has 1 aliphatic rings. The van der Waals surface area contributed by atoms with Crippen LogP contribution < -0.4 is 9.47 Å². The maximum Gasteiger partial charge on any atom is 0.160 e. The summed E-state index contributed by atoms with van der Waals surface area (Å²) in [5.41, 5.74) is 2.15. The molecule has 0 radical (unpaired) electrons. The van der Waals surface area contributed by atoms with E-state index >= 15 is 0 Å². The van der Waals surface area contributed by atoms with E-state index in [1.807, 2.05) is 24.3 Å². The molecule has 3 atom stereocenters. The second kappa shape index (κ2) is 7.87. The number of hydrogen-bond donors (Lipinski definition) is 2. The van der Waals surface area contributed by atoms with Gasteiger partial charge in [0.2, 0.25) is 0 Å². The monoisotopic (exact) mass is 358 g/mol. The second-order valence-electron chi connectivity index (χ2n) is 6.73. The van der Waals surface area contributed by atoms with Crippen LogP contribution in [0.3, 0.4) is 0 Å². The largest absolute Gasteiger partial charge is 0.504 e. The average molecular weight is 358 g/mol. The number of hydrogen-bond acceptors (Lipinski definition) is 5. The van der Waals surface area contributed by atoms with Gasteiger partial charge < -0.3 is 24.4 Å². The Kier molecular flexibility index (Phi) is 5.57. The van der Waals surface area contributed by atoms with Crippen LogP contribution >= 0.6 is 0 Å². The molecule has 0 aromatic heterocycles. The minimum atomic E-state index is -0.0153. The van der Waals surface area contributed by atoms with Crippen molar-refractivity contribution in [1.29, 1.82) is 0 Å². The number of rotatable bonds is 6. The highest BCUT2D eigenvalue weighted by atomic mass is 16.5. The molecule has 0 spiro atoms. The molecule has 0 aliphatic carbocycles. The third-order valence-electron chi connectivity index (χ3n) is 5.23. The first kappa shape index (κ1) is 18.4. The van der Waals surface area contributed by atoms with Crippen LogP contribution in [0, 0.1) is 11.8 Å². The summed E-state index contributed by atoms with van der Waals surface area (Å²) in [7, 11) is 3.10. The molecule has 5 nitrogen and oxygen atoms in total. The van der Waals surface area contributed by atoms with Crippen LogP contribution in [0.5, 0.6) is 23.0 Å². The summed E-state index contributed by atoms with van der Waals surface area (Å²) >= 11 is 0. The molecule has 1 fully saturated rings. The van der Waals surface area contributed by atoms with Gasteiger partial charge in [-0.15, -0.1) is 0 Å². The first-order valence-corrected chi connectivity index (χ1v) is 8.91. The minimum Gasteiger partial charge on any atom is -0.504 e. The third kappa shape index (κ3) is 3.58. The van der Waals surface area contributed by atoms with Gasteiger partial charge in [0.05, 0.1) is 26.9 Å². The Hall–Kier alpha value is -2.40. The summed E-state index contributed by atoms with van der Waals surface area (Å²) in [4.78, 5) is 0. The van der Waals surface area contributed by atoms with E-state index in [-0.39, 0.29) is 17.6 Å². The quantitative estimate of drug-likeness (QED) is 0.815. The van der Waals surface area contributed by atoms with E-state index in [0.717, 1.165) is 24.0 Å². The molecular formula is C21H26O5. The van der Waals surface area contributed by atoms with Gasteiger partial charge in [-0.05, 0) is 53.6 Å². The zero-order valence-corrected chi connectivity index (χ0v) is 15.4. The summed E-state index contributed by atoms with van der Waals surface area (Å²) in [6.07, 6.45) is 1.84. The molecule has 5 heteroatoms. The Morgan fingerprint density at radius 3 is 2.31 bits per heavy atom. The molecule has 2 aromatic rings. The van der Waals surface area contributed by atoms with Gasteiger partial charge in [0.15, 0.2) is 23.0 Å². The smallest absolute Gasteiger partial charge is 0.160 e. The normalized spacial score (nSPS) is 22.3. The highest BCUT2D eigenvalue weighted by molar-refractivity contribution is 5.43. The van der Waals surface area contributed by atoms with Crippen molar-refractivity contribution in [3.8, 4) is 23.0 Å². The Balaban J connectivity index is 1.79. The highest BCUT2D eigenvalue weighted by Crippen LogP contribution is 2.44. The lowest BCUT2D eigenvalue weighted by Gasteiger charge is -2.22. The predicted molar refractivity (Wildman–Crippen MR) is 99.0 cm³/mol. The summed E-state index contributed by atoms with van der Waals surface area (Å²) in [6.45, 7) is 2.85. The molecule has 140 valence electrons. The van der Waals surface area contributed by atoms with Crippen molar-refractivity contribution in [2.45, 2.75) is 25.9 Å². The fourth-order valence-corrected chi connectivity index (χ4v) is 3.85. The summed E-state index contributed by atoms with van der Waals surface area (Å²) in [5, 5.41) is 19.6. The van der Waals surface area contributed by atoms with Gasteiger partial charge in [-0.3, -0.25) is 0 Å². The van der Waals surface area contributed by atoms with Crippen molar-refractivity contribution in [3.05, 3.63) is 47.5 Å². The molecule has 1 saturated heterocycles. The molecule has 0 bridgehead atoms. The number of ether oxygens (including phenoxy) is 3. The van der Waals surface area contributed by atoms with Gasteiger partial charge in [-0.25, -0.2) is 0 Å². The van der Waals surface area contributed by atoms with E-state index in [2.05, 4.69) is 6.92 Å². The summed E-state index contributed by atoms with van der Waals surface area (Å²) in [5.74, 6) is 1.99. The standard InChI is InChI=1S/C21H26O5/c1-4-16-15(9-13-5-7-17(22)19(10-13)24-2)12-26-21(16)14-6-8-18(23)20(11-14)25-3/h5-8,10-11,15-16,21-23H,4,9,12H2,1-3H3/t15-,16-,21+/m1/s1. The fourth-order valence-electron chi connectivity index (χ4n) is 3.85. The van der Waals surface area contributed by atoms with Crippen LogP contribution in [0.1, 0.15) is 30.6 Å². The van der Waals surface area contributed by atoms with Gasteiger partial charge in [0.25, 0.3) is 0 Å². The van der Waals surface area contributed by atoms with Crippen molar-refractivity contribution in [2.24, 2.45) is 11.8 Å². The van der Waals surface area contributed by atoms with E-state index in [1.54, 1.807) is 26.4 Å². The van der Waals surface area contributed by atoms with Crippen molar-refractivity contribution in [3.63, 3.8) is 0 Å². The van der Waals surface area contributed by atoms with Crippen molar-refractivity contribution in [1.82, 2.24) is 0 Å². The Morgan fingerprint density at radius 2 is 1.65 bits per heavy atom. The number of benzene rings is 2. The van der Waals surface area contributed by atoms with Gasteiger partial charge in [-0.1, -0.05) is 25.5 Å². The van der Waals surface area contributed by atoms with Crippen LogP contribution in [-0.2, 0) is 11.2 Å². The number of phenolic OH excluding ortho intramolecular Hbond substituents is 2. The first-order chi connectivity index (χ1) is 12.6. The van der Waals surface area contributed by atoms with E-state index in [1.165, 1.54) is 0 Å². The minimum absolute atomic E-state index is 0.0153. The topological polar surface area (TPSA) is 68.2 Å². The van der Waals surface area contributed by atoms with Gasteiger partial charge in [0.1, 0.15) is 0 Å². The SMILES string of the molecule is CC[C@@H]1[C@H](Cc2ccc(O)c(OC)c2)CO[C@H]1c1ccc(O)c(OC)c1. The summed E-state index contributed by atoms with van der Waals surface area (Å²) in [6, 6.07) is 10.9. The number of methoxy groups -OCH3 is 2. The Bertz CT molecular complexity index is 758. The maximum absolute atomic E-state index is 9.82. The molecular weight excluding hydrogens is 332 g/mol. The molecule has 0 amide bonds. The van der Waals surface area contributed by atoms with Gasteiger partial charge in [0, 0.05) is 0 Å². The number of aromatic hydroxyl groups is 2. The van der Waals surface area contributed by atoms with Crippen LogP contribution in [0.15, 0.2) is 36.4 Å². The van der Waals surface area contributed by atoms with Crippen LogP contribution in [0.2, 0.25) is 0 Å². The maximum atomic E-state index is 9.82. The van der Waals surface area contributed by atoms with Crippen LogP contribution in [0.4, 0.5) is 0 Å². The molecule has 2 N–H and O–H groups in total. The van der Waals surface area contributed by atoms with Crippen molar-refractivity contribution < 1.29 is 24.4 Å². The lowest BCUT2D eigenvalue weighted by molar-refractivity contribution is 0.0891. The zero-order valence-electron chi connectivity index (χ0n) is 15.4. The van der Waals surface area contributed by atoms with Gasteiger partial charge >= 0.3 is 0 Å². The molecule has 2 aromatic carbocycles. The van der Waals surface area contributed by atoms with E-state index in [4.69, 9.17) is 14.2 Å². The lowest BCUT2D eigenvalue weighted by atomic mass is 9.82. The molecule has 1 heterocycles. The van der Waals surface area contributed by atoms with Crippen LogP contribution in [-0.4, -0.2) is 31.0 Å². The van der Waals surface area contributed by atoms with E-state index < -0.39 is 0 Å². The molecule has 0 saturated carbocycles. The Labute approximate surface area is 154 Å². The van der Waals surface area contributed by atoms with Crippen molar-refractivity contribution >= 4 is 0 Å². The molecule has 0 unspecified atom stereocenters. The second-order valence-corrected chi connectivity index (χ2v) is 6.73.